The average molecular weight is 278 g/mol. The Hall–Kier alpha value is -1.84. The van der Waals surface area contributed by atoms with Gasteiger partial charge in [-0.2, -0.15) is 0 Å². The van der Waals surface area contributed by atoms with E-state index in [2.05, 4.69) is 20.8 Å². The van der Waals surface area contributed by atoms with Crippen LogP contribution in [-0.2, 0) is 9.59 Å². The highest BCUT2D eigenvalue weighted by Gasteiger charge is 2.16. The summed E-state index contributed by atoms with van der Waals surface area (Å²) < 4.78 is 10.4. The molecule has 1 aromatic rings. The molecule has 0 saturated carbocycles. The van der Waals surface area contributed by atoms with Crippen molar-refractivity contribution < 1.29 is 19.1 Å². The quantitative estimate of drug-likeness (QED) is 0.608. The van der Waals surface area contributed by atoms with Crippen LogP contribution in [0.2, 0.25) is 0 Å². The first-order valence-electron chi connectivity index (χ1n) is 6.82. The van der Waals surface area contributed by atoms with E-state index in [1.165, 1.54) is 0 Å². The summed E-state index contributed by atoms with van der Waals surface area (Å²) in [4.78, 5) is 23.1. The molecule has 0 amide bonds. The van der Waals surface area contributed by atoms with Gasteiger partial charge in [-0.25, -0.2) is 0 Å². The Morgan fingerprint density at radius 3 is 1.95 bits per heavy atom. The second kappa shape index (κ2) is 7.08. The van der Waals surface area contributed by atoms with Crippen molar-refractivity contribution in [1.82, 2.24) is 0 Å². The first-order valence-corrected chi connectivity index (χ1v) is 6.82. The van der Waals surface area contributed by atoms with Gasteiger partial charge in [-0.3, -0.25) is 9.59 Å². The molecule has 0 unspecified atom stereocenters. The third-order valence-corrected chi connectivity index (χ3v) is 2.66. The molecule has 0 spiro atoms. The number of para-hydroxylation sites is 2. The van der Waals surface area contributed by atoms with E-state index in [4.69, 9.17) is 9.47 Å². The molecular formula is C16H22O4. The highest BCUT2D eigenvalue weighted by Crippen LogP contribution is 2.28. The van der Waals surface area contributed by atoms with Gasteiger partial charge in [0.05, 0.1) is 0 Å². The molecule has 0 saturated heterocycles. The highest BCUT2D eigenvalue weighted by atomic mass is 16.6. The number of carbonyl (C=O) groups is 2. The number of carbonyl (C=O) groups excluding carboxylic acids is 2. The van der Waals surface area contributed by atoms with E-state index >= 15 is 0 Å². The minimum Gasteiger partial charge on any atom is -0.423 e. The summed E-state index contributed by atoms with van der Waals surface area (Å²) in [6.07, 6.45) is 1.34. The number of benzene rings is 1. The zero-order valence-corrected chi connectivity index (χ0v) is 12.6. The molecule has 0 radical (unpaired) electrons. The van der Waals surface area contributed by atoms with Gasteiger partial charge in [-0.05, 0) is 24.0 Å². The molecule has 1 rings (SSSR count). The van der Waals surface area contributed by atoms with Gasteiger partial charge < -0.3 is 9.47 Å². The van der Waals surface area contributed by atoms with Crippen molar-refractivity contribution in [1.29, 1.82) is 0 Å². The normalized spacial score (nSPS) is 11.0. The number of esters is 2. The molecule has 110 valence electrons. The maximum Gasteiger partial charge on any atom is 0.311 e. The van der Waals surface area contributed by atoms with Crippen molar-refractivity contribution in [2.24, 2.45) is 5.41 Å². The van der Waals surface area contributed by atoms with E-state index in [0.29, 0.717) is 6.42 Å². The van der Waals surface area contributed by atoms with Crippen LogP contribution in [0.5, 0.6) is 11.5 Å². The van der Waals surface area contributed by atoms with Crippen LogP contribution in [0.1, 0.15) is 47.0 Å². The van der Waals surface area contributed by atoms with Crippen molar-refractivity contribution >= 4 is 11.9 Å². The van der Waals surface area contributed by atoms with E-state index in [1.807, 2.05) is 0 Å². The van der Waals surface area contributed by atoms with E-state index in [-0.39, 0.29) is 35.3 Å². The maximum atomic E-state index is 11.8. The summed E-state index contributed by atoms with van der Waals surface area (Å²) in [6.45, 7) is 7.91. The van der Waals surface area contributed by atoms with Gasteiger partial charge in [0, 0.05) is 12.8 Å². The minimum atomic E-state index is -0.358. The number of rotatable bonds is 5. The molecule has 0 aliphatic heterocycles. The van der Waals surface area contributed by atoms with E-state index < -0.39 is 0 Å². The largest absolute Gasteiger partial charge is 0.423 e. The van der Waals surface area contributed by atoms with Gasteiger partial charge in [0.25, 0.3) is 0 Å². The van der Waals surface area contributed by atoms with E-state index in [1.54, 1.807) is 31.2 Å². The van der Waals surface area contributed by atoms with Crippen molar-refractivity contribution in [3.8, 4) is 11.5 Å². The second-order valence-corrected chi connectivity index (χ2v) is 5.81. The van der Waals surface area contributed by atoms with Gasteiger partial charge in [-0.1, -0.05) is 39.8 Å². The maximum absolute atomic E-state index is 11.8. The number of hydrogen-bond donors (Lipinski definition) is 0. The van der Waals surface area contributed by atoms with Crippen LogP contribution in [0.15, 0.2) is 24.3 Å². The van der Waals surface area contributed by atoms with Crippen molar-refractivity contribution in [3.05, 3.63) is 24.3 Å². The number of hydrogen-bond acceptors (Lipinski definition) is 4. The predicted molar refractivity (Wildman–Crippen MR) is 76.7 cm³/mol. The molecule has 4 nitrogen and oxygen atoms in total. The first-order chi connectivity index (χ1) is 9.31. The van der Waals surface area contributed by atoms with Gasteiger partial charge >= 0.3 is 11.9 Å². The van der Waals surface area contributed by atoms with Crippen LogP contribution in [0, 0.1) is 5.41 Å². The van der Waals surface area contributed by atoms with Crippen LogP contribution < -0.4 is 9.47 Å². The lowest BCUT2D eigenvalue weighted by atomic mass is 9.91. The molecule has 0 aliphatic rings. The Balaban J connectivity index is 2.67. The molecule has 0 N–H and O–H groups in total. The smallest absolute Gasteiger partial charge is 0.311 e. The fraction of sp³-hybridized carbons (Fsp3) is 0.500. The van der Waals surface area contributed by atoms with Crippen molar-refractivity contribution in [2.75, 3.05) is 0 Å². The van der Waals surface area contributed by atoms with Crippen LogP contribution in [-0.4, -0.2) is 11.9 Å². The fourth-order valence-electron chi connectivity index (χ4n) is 1.46. The second-order valence-electron chi connectivity index (χ2n) is 5.81. The summed E-state index contributed by atoms with van der Waals surface area (Å²) >= 11 is 0. The van der Waals surface area contributed by atoms with Crippen LogP contribution in [0.25, 0.3) is 0 Å². The predicted octanol–water partition coefficient (Wildman–Crippen LogP) is 3.73. The van der Waals surface area contributed by atoms with Gasteiger partial charge in [0.2, 0.25) is 0 Å². The van der Waals surface area contributed by atoms with E-state index in [0.717, 1.165) is 6.42 Å². The molecule has 0 aliphatic carbocycles. The lowest BCUT2D eigenvalue weighted by Gasteiger charge is -2.17. The van der Waals surface area contributed by atoms with Crippen LogP contribution in [0.4, 0.5) is 0 Å². The first kappa shape index (κ1) is 16.2. The lowest BCUT2D eigenvalue weighted by Crippen LogP contribution is -2.14. The van der Waals surface area contributed by atoms with Gasteiger partial charge in [-0.15, -0.1) is 0 Å². The lowest BCUT2D eigenvalue weighted by molar-refractivity contribution is -0.137. The summed E-state index contributed by atoms with van der Waals surface area (Å²) in [5.41, 5.74) is 0.0766. The fourth-order valence-corrected chi connectivity index (χ4v) is 1.46. The summed E-state index contributed by atoms with van der Waals surface area (Å²) in [5.74, 6) is -0.111. The van der Waals surface area contributed by atoms with Crippen LogP contribution >= 0.6 is 0 Å². The summed E-state index contributed by atoms with van der Waals surface area (Å²) in [6, 6.07) is 6.69. The number of ether oxygens (including phenoxy) is 2. The standard InChI is InChI=1S/C16H22O4/c1-5-14(17)19-12-8-6-7-9-13(12)20-15(18)10-11-16(2,3)4/h6-9H,5,10-11H2,1-4H3. The average Bonchev–Trinajstić information content (AvgIpc) is 2.38. The molecule has 0 fully saturated rings. The van der Waals surface area contributed by atoms with Crippen LogP contribution in [0.3, 0.4) is 0 Å². The minimum absolute atomic E-state index is 0.0766. The Morgan fingerprint density at radius 1 is 1.00 bits per heavy atom. The highest BCUT2D eigenvalue weighted by molar-refractivity contribution is 5.76. The summed E-state index contributed by atoms with van der Waals surface area (Å²) in [5, 5.41) is 0. The summed E-state index contributed by atoms with van der Waals surface area (Å²) in [7, 11) is 0. The molecule has 4 heteroatoms. The molecule has 20 heavy (non-hydrogen) atoms. The Kier molecular flexibility index (Phi) is 5.74. The Labute approximate surface area is 120 Å². The molecule has 0 atom stereocenters. The monoisotopic (exact) mass is 278 g/mol. The van der Waals surface area contributed by atoms with Gasteiger partial charge in [0.15, 0.2) is 11.5 Å². The molecule has 0 aromatic heterocycles. The molecular weight excluding hydrogens is 256 g/mol. The Bertz CT molecular complexity index is 472. The molecule has 0 bridgehead atoms. The SMILES string of the molecule is CCC(=O)Oc1ccccc1OC(=O)CCC(C)(C)C. The van der Waals surface area contributed by atoms with Crippen molar-refractivity contribution in [3.63, 3.8) is 0 Å². The zero-order chi connectivity index (χ0) is 15.2. The molecule has 1 aromatic carbocycles. The Morgan fingerprint density at radius 2 is 1.50 bits per heavy atom. The van der Waals surface area contributed by atoms with E-state index in [9.17, 15) is 9.59 Å². The topological polar surface area (TPSA) is 52.6 Å². The zero-order valence-electron chi connectivity index (χ0n) is 12.6. The van der Waals surface area contributed by atoms with Gasteiger partial charge in [0.1, 0.15) is 0 Å². The third kappa shape index (κ3) is 5.87. The van der Waals surface area contributed by atoms with Crippen molar-refractivity contribution in [2.45, 2.75) is 47.0 Å². The molecule has 0 heterocycles. The third-order valence-electron chi connectivity index (χ3n) is 2.66.